The number of benzene rings is 1. The minimum Gasteiger partial charge on any atom is -0.324 e. The molecule has 0 aliphatic rings. The summed E-state index contributed by atoms with van der Waals surface area (Å²) in [5, 5.41) is 3.84. The minimum atomic E-state index is -0.863. The van der Waals surface area contributed by atoms with Gasteiger partial charge in [-0.1, -0.05) is 25.1 Å². The summed E-state index contributed by atoms with van der Waals surface area (Å²) in [6.45, 7) is 5.54. The van der Waals surface area contributed by atoms with Crippen molar-refractivity contribution in [1.82, 2.24) is 4.98 Å². The highest BCUT2D eigenvalue weighted by Crippen LogP contribution is 2.23. The van der Waals surface area contributed by atoms with Crippen LogP contribution in [-0.2, 0) is 4.79 Å². The zero-order valence-electron chi connectivity index (χ0n) is 11.5. The third-order valence-electron chi connectivity index (χ3n) is 3.35. The molecule has 4 nitrogen and oxygen atoms in total. The number of nitrogens with two attached hydrogens (primary N) is 1. The average molecular weight is 257 g/mol. The third-order valence-corrected chi connectivity index (χ3v) is 3.35. The molecular formula is C15H19N3O. The highest BCUT2D eigenvalue weighted by atomic mass is 16.2. The molecule has 0 saturated carbocycles. The number of amides is 1. The molecule has 2 aromatic rings. The van der Waals surface area contributed by atoms with Crippen molar-refractivity contribution in [2.45, 2.75) is 32.7 Å². The van der Waals surface area contributed by atoms with Crippen LogP contribution < -0.4 is 11.1 Å². The largest absolute Gasteiger partial charge is 0.324 e. The fraction of sp³-hybridized carbons (Fsp3) is 0.333. The number of aryl methyl sites for hydroxylation is 1. The van der Waals surface area contributed by atoms with E-state index in [1.807, 2.05) is 44.2 Å². The van der Waals surface area contributed by atoms with Gasteiger partial charge < -0.3 is 11.1 Å². The molecule has 1 heterocycles. The number of fused-ring (bicyclic) bond motifs is 1. The van der Waals surface area contributed by atoms with Gasteiger partial charge in [0.15, 0.2) is 0 Å². The van der Waals surface area contributed by atoms with E-state index in [-0.39, 0.29) is 5.91 Å². The van der Waals surface area contributed by atoms with Gasteiger partial charge in [0.1, 0.15) is 0 Å². The molecule has 0 radical (unpaired) electrons. The third kappa shape index (κ3) is 2.74. The molecule has 4 heteroatoms. The summed E-state index contributed by atoms with van der Waals surface area (Å²) >= 11 is 0. The second-order valence-corrected chi connectivity index (χ2v) is 5.05. The van der Waals surface area contributed by atoms with Crippen LogP contribution in [-0.4, -0.2) is 16.4 Å². The van der Waals surface area contributed by atoms with Crippen LogP contribution in [0.1, 0.15) is 26.0 Å². The van der Waals surface area contributed by atoms with Gasteiger partial charge in [0.05, 0.1) is 16.7 Å². The molecule has 19 heavy (non-hydrogen) atoms. The Hall–Kier alpha value is -1.94. The maximum atomic E-state index is 12.2. The van der Waals surface area contributed by atoms with Gasteiger partial charge in [-0.3, -0.25) is 9.78 Å². The number of anilines is 1. The highest BCUT2D eigenvalue weighted by Gasteiger charge is 2.26. The smallest absolute Gasteiger partial charge is 0.244 e. The average Bonchev–Trinajstić information content (AvgIpc) is 2.38. The Bertz CT molecular complexity index is 620. The lowest BCUT2D eigenvalue weighted by Gasteiger charge is -2.22. The normalized spacial score (nSPS) is 14.1. The number of rotatable bonds is 3. The molecule has 1 atom stereocenters. The molecule has 100 valence electrons. The number of nitrogens with zero attached hydrogens (tertiary/aromatic N) is 1. The molecule has 2 rings (SSSR count). The van der Waals surface area contributed by atoms with Crippen LogP contribution in [0.15, 0.2) is 30.3 Å². The van der Waals surface area contributed by atoms with Crippen LogP contribution in [0.3, 0.4) is 0 Å². The van der Waals surface area contributed by atoms with Crippen LogP contribution in [0.5, 0.6) is 0 Å². The Kier molecular flexibility index (Phi) is 3.53. The molecule has 0 fully saturated rings. The van der Waals surface area contributed by atoms with Gasteiger partial charge in [0.25, 0.3) is 0 Å². The summed E-state index contributed by atoms with van der Waals surface area (Å²) in [5.41, 5.74) is 7.59. The second-order valence-electron chi connectivity index (χ2n) is 5.05. The van der Waals surface area contributed by atoms with Crippen LogP contribution in [0, 0.1) is 6.92 Å². The summed E-state index contributed by atoms with van der Waals surface area (Å²) in [6, 6.07) is 9.60. The van der Waals surface area contributed by atoms with E-state index in [0.29, 0.717) is 6.42 Å². The molecule has 0 spiro atoms. The maximum Gasteiger partial charge on any atom is 0.244 e. The van der Waals surface area contributed by atoms with E-state index in [0.717, 1.165) is 22.3 Å². The Labute approximate surface area is 113 Å². The van der Waals surface area contributed by atoms with Crippen molar-refractivity contribution in [3.8, 4) is 0 Å². The van der Waals surface area contributed by atoms with Crippen LogP contribution >= 0.6 is 0 Å². The molecule has 0 saturated heterocycles. The second kappa shape index (κ2) is 4.97. The van der Waals surface area contributed by atoms with E-state index in [1.165, 1.54) is 0 Å². The van der Waals surface area contributed by atoms with Gasteiger partial charge >= 0.3 is 0 Å². The maximum absolute atomic E-state index is 12.2. The lowest BCUT2D eigenvalue weighted by molar-refractivity contribution is -0.120. The predicted octanol–water partition coefficient (Wildman–Crippen LogP) is 2.61. The van der Waals surface area contributed by atoms with Gasteiger partial charge in [0, 0.05) is 11.1 Å². The first-order chi connectivity index (χ1) is 8.94. The standard InChI is InChI=1S/C15H19N3O/c1-4-15(3,16)14(19)18-13-9-10(2)17-12-8-6-5-7-11(12)13/h5-9H,4,16H2,1-3H3,(H,17,18,19). The van der Waals surface area contributed by atoms with E-state index in [1.54, 1.807) is 6.92 Å². The Morgan fingerprint density at radius 3 is 2.79 bits per heavy atom. The first-order valence-corrected chi connectivity index (χ1v) is 6.41. The number of carbonyl (C=O) groups is 1. The summed E-state index contributed by atoms with van der Waals surface area (Å²) < 4.78 is 0. The van der Waals surface area contributed by atoms with Crippen molar-refractivity contribution < 1.29 is 4.79 Å². The molecule has 0 aliphatic carbocycles. The fourth-order valence-electron chi connectivity index (χ4n) is 1.84. The van der Waals surface area contributed by atoms with Gasteiger partial charge in [-0.05, 0) is 32.4 Å². The Morgan fingerprint density at radius 1 is 1.42 bits per heavy atom. The Morgan fingerprint density at radius 2 is 2.11 bits per heavy atom. The van der Waals surface area contributed by atoms with Gasteiger partial charge in [-0.2, -0.15) is 0 Å². The molecule has 1 unspecified atom stereocenters. The van der Waals surface area contributed by atoms with E-state index in [4.69, 9.17) is 5.73 Å². The molecular weight excluding hydrogens is 238 g/mol. The monoisotopic (exact) mass is 257 g/mol. The van der Waals surface area contributed by atoms with Crippen molar-refractivity contribution in [2.75, 3.05) is 5.32 Å². The molecule has 1 amide bonds. The van der Waals surface area contributed by atoms with Crippen molar-refractivity contribution in [3.05, 3.63) is 36.0 Å². The van der Waals surface area contributed by atoms with Crippen LogP contribution in [0.25, 0.3) is 10.9 Å². The number of hydrogen-bond acceptors (Lipinski definition) is 3. The summed E-state index contributed by atoms with van der Waals surface area (Å²) in [7, 11) is 0. The number of hydrogen-bond donors (Lipinski definition) is 2. The van der Waals surface area contributed by atoms with Crippen molar-refractivity contribution >= 4 is 22.5 Å². The lowest BCUT2D eigenvalue weighted by Crippen LogP contribution is -2.47. The fourth-order valence-corrected chi connectivity index (χ4v) is 1.84. The van der Waals surface area contributed by atoms with Crippen molar-refractivity contribution in [1.29, 1.82) is 0 Å². The SMILES string of the molecule is CCC(C)(N)C(=O)Nc1cc(C)nc2ccccc12. The Balaban J connectivity index is 2.43. The molecule has 3 N–H and O–H groups in total. The first kappa shape index (κ1) is 13.5. The van der Waals surface area contributed by atoms with Crippen LogP contribution in [0.2, 0.25) is 0 Å². The molecule has 1 aromatic carbocycles. The van der Waals surface area contributed by atoms with E-state index >= 15 is 0 Å². The van der Waals surface area contributed by atoms with Crippen LogP contribution in [0.4, 0.5) is 5.69 Å². The summed E-state index contributed by atoms with van der Waals surface area (Å²) in [6.07, 6.45) is 0.584. The van der Waals surface area contributed by atoms with Crippen molar-refractivity contribution in [3.63, 3.8) is 0 Å². The minimum absolute atomic E-state index is 0.175. The van der Waals surface area contributed by atoms with Gasteiger partial charge in [0.2, 0.25) is 5.91 Å². The topological polar surface area (TPSA) is 68.0 Å². The molecule has 1 aromatic heterocycles. The first-order valence-electron chi connectivity index (χ1n) is 6.41. The van der Waals surface area contributed by atoms with E-state index < -0.39 is 5.54 Å². The number of nitrogens with one attached hydrogen (secondary N) is 1. The lowest BCUT2D eigenvalue weighted by atomic mass is 9.99. The highest BCUT2D eigenvalue weighted by molar-refractivity contribution is 6.04. The number of aromatic nitrogens is 1. The quantitative estimate of drug-likeness (QED) is 0.888. The zero-order valence-corrected chi connectivity index (χ0v) is 11.5. The van der Waals surface area contributed by atoms with E-state index in [9.17, 15) is 4.79 Å². The number of para-hydroxylation sites is 1. The molecule has 0 aliphatic heterocycles. The summed E-state index contributed by atoms with van der Waals surface area (Å²) in [4.78, 5) is 16.6. The zero-order chi connectivity index (χ0) is 14.0. The number of pyridine rings is 1. The summed E-state index contributed by atoms with van der Waals surface area (Å²) in [5.74, 6) is -0.175. The van der Waals surface area contributed by atoms with E-state index in [2.05, 4.69) is 10.3 Å². The number of carbonyl (C=O) groups excluding carboxylic acids is 1. The van der Waals surface area contributed by atoms with Crippen molar-refractivity contribution in [2.24, 2.45) is 5.73 Å². The van der Waals surface area contributed by atoms with Gasteiger partial charge in [-0.25, -0.2) is 0 Å². The molecule has 0 bridgehead atoms. The predicted molar refractivity (Wildman–Crippen MR) is 78.0 cm³/mol. The van der Waals surface area contributed by atoms with Gasteiger partial charge in [-0.15, -0.1) is 0 Å².